The molecular weight excluding hydrogens is 660 g/mol. The third-order valence-corrected chi connectivity index (χ3v) is 6.95. The monoisotopic (exact) mass is 702 g/mol. The average Bonchev–Trinajstić information content (AvgIpc) is 3.77. The van der Waals surface area contributed by atoms with E-state index in [0.29, 0.717) is 11.6 Å². The lowest BCUT2D eigenvalue weighted by molar-refractivity contribution is 0.907. The maximum absolute atomic E-state index is 5.85. The third kappa shape index (κ3) is 10.4. The summed E-state index contributed by atoms with van der Waals surface area (Å²) in [5.41, 5.74) is 7.45. The summed E-state index contributed by atoms with van der Waals surface area (Å²) in [6.07, 6.45) is 10.6. The van der Waals surface area contributed by atoms with Gasteiger partial charge in [0.05, 0.1) is 0 Å². The molecule has 0 amide bonds. The fourth-order valence-corrected chi connectivity index (χ4v) is 4.79. The van der Waals surface area contributed by atoms with Gasteiger partial charge in [0.2, 0.25) is 11.1 Å². The molecule has 0 unspecified atom stereocenters. The smallest absolute Gasteiger partial charge is 0.243 e. The van der Waals surface area contributed by atoms with E-state index < -0.39 is 0 Å². The molecule has 0 spiro atoms. The van der Waals surface area contributed by atoms with E-state index in [0.717, 1.165) is 51.0 Å². The Labute approximate surface area is 303 Å². The Morgan fingerprint density at radius 2 is 0.980 bits per heavy atom. The van der Waals surface area contributed by atoms with Crippen LogP contribution in [0.25, 0.3) is 22.6 Å². The number of aryl methyl sites for hydroxylation is 3. The molecule has 0 aliphatic heterocycles. The molecule has 262 valence electrons. The van der Waals surface area contributed by atoms with E-state index in [2.05, 4.69) is 50.7 Å². The van der Waals surface area contributed by atoms with E-state index in [1.54, 1.807) is 33.8 Å². The van der Waals surface area contributed by atoms with Crippen LogP contribution in [0.1, 0.15) is 39.4 Å². The van der Waals surface area contributed by atoms with E-state index in [-0.39, 0.29) is 27.6 Å². The van der Waals surface area contributed by atoms with Gasteiger partial charge in [0.25, 0.3) is 0 Å². The molecule has 8 heterocycles. The van der Waals surface area contributed by atoms with Crippen molar-refractivity contribution in [3.05, 3.63) is 144 Å². The summed E-state index contributed by atoms with van der Waals surface area (Å²) >= 11 is 5.85. The van der Waals surface area contributed by atoms with E-state index >= 15 is 0 Å². The molecule has 2 N–H and O–H groups in total. The standard InChI is InChI=1S/C17H14N6.C11H8ClN5.C7H9N.3CH4/c1-12-4-2-5-14(19-12)16-21-17(15-6-3-11-23(15)22-16)20-13-7-9-18-10-8-13;12-11-15-10(9-2-1-7-17(9)16-11)14-8-3-5-13-6-4-8;1-6-4-3-5-7(2)8-6;;;/h2-11H,1H3,(H,18,20,21,22);1-7H,(H,13,14,15,16);3-5H,1-2H3;3*1H4. The largest absolute Gasteiger partial charge is 0.338 e. The number of hydrogen-bond donors (Lipinski definition) is 2. The van der Waals surface area contributed by atoms with Crippen molar-refractivity contribution in [2.24, 2.45) is 0 Å². The number of nitrogens with zero attached hydrogens (tertiary/aromatic N) is 10. The second-order valence-corrected chi connectivity index (χ2v) is 10.8. The summed E-state index contributed by atoms with van der Waals surface area (Å²) in [4.78, 5) is 25.5. The fourth-order valence-electron chi connectivity index (χ4n) is 4.63. The molecule has 0 saturated carbocycles. The summed E-state index contributed by atoms with van der Waals surface area (Å²) in [5.74, 6) is 1.98. The first-order chi connectivity index (χ1) is 23.4. The van der Waals surface area contributed by atoms with Crippen LogP contribution in [0.3, 0.4) is 0 Å². The van der Waals surface area contributed by atoms with E-state index in [1.807, 2.05) is 118 Å². The number of pyridine rings is 4. The molecule has 0 bridgehead atoms. The number of nitrogens with one attached hydrogen (secondary N) is 2. The number of hydrogen-bond acceptors (Lipinski definition) is 10. The Bertz CT molecular complexity index is 2240. The van der Waals surface area contributed by atoms with Crippen molar-refractivity contribution in [1.29, 1.82) is 0 Å². The minimum atomic E-state index is 0. The van der Waals surface area contributed by atoms with Gasteiger partial charge in [0.15, 0.2) is 11.6 Å². The first-order valence-corrected chi connectivity index (χ1v) is 15.3. The van der Waals surface area contributed by atoms with Crippen LogP contribution in [0.15, 0.2) is 122 Å². The Hall–Kier alpha value is -6.27. The van der Waals surface area contributed by atoms with Crippen LogP contribution in [-0.2, 0) is 0 Å². The maximum atomic E-state index is 5.85. The number of anilines is 4. The second kappa shape index (κ2) is 18.5. The Balaban J connectivity index is 0.000000222. The zero-order valence-electron chi connectivity index (χ0n) is 26.4. The van der Waals surface area contributed by atoms with Crippen LogP contribution in [0.2, 0.25) is 5.28 Å². The van der Waals surface area contributed by atoms with E-state index in [9.17, 15) is 0 Å². The van der Waals surface area contributed by atoms with Gasteiger partial charge in [-0.25, -0.2) is 19.0 Å². The van der Waals surface area contributed by atoms with E-state index in [4.69, 9.17) is 11.6 Å². The highest BCUT2D eigenvalue weighted by Gasteiger charge is 2.11. The molecule has 12 nitrogen and oxygen atoms in total. The van der Waals surface area contributed by atoms with Crippen LogP contribution in [0.5, 0.6) is 0 Å². The number of fused-ring (bicyclic) bond motifs is 2. The van der Waals surface area contributed by atoms with Crippen molar-refractivity contribution in [3.8, 4) is 11.5 Å². The summed E-state index contributed by atoms with van der Waals surface area (Å²) in [6.45, 7) is 5.94. The predicted molar refractivity (Wildman–Crippen MR) is 208 cm³/mol. The van der Waals surface area contributed by atoms with Gasteiger partial charge in [-0.05, 0) is 105 Å². The average molecular weight is 703 g/mol. The molecule has 13 heteroatoms. The Morgan fingerprint density at radius 1 is 0.510 bits per heavy atom. The lowest BCUT2D eigenvalue weighted by atomic mass is 10.3. The zero-order chi connectivity index (χ0) is 33.3. The van der Waals surface area contributed by atoms with Gasteiger partial charge >= 0.3 is 0 Å². The first kappa shape index (κ1) is 39.2. The normalized spacial score (nSPS) is 9.88. The Morgan fingerprint density at radius 3 is 1.47 bits per heavy atom. The number of aromatic nitrogens is 10. The molecule has 0 aliphatic rings. The molecular formula is C38H43ClN12. The quantitative estimate of drug-likeness (QED) is 0.178. The van der Waals surface area contributed by atoms with Gasteiger partial charge < -0.3 is 10.6 Å². The molecule has 51 heavy (non-hydrogen) atoms. The lowest BCUT2D eigenvalue weighted by Gasteiger charge is -2.09. The van der Waals surface area contributed by atoms with Crippen LogP contribution in [0.4, 0.5) is 23.0 Å². The van der Waals surface area contributed by atoms with Crippen molar-refractivity contribution < 1.29 is 0 Å². The topological polar surface area (TPSA) is 136 Å². The molecule has 0 aromatic carbocycles. The molecule has 0 aliphatic carbocycles. The minimum absolute atomic E-state index is 0. The predicted octanol–water partition coefficient (Wildman–Crippen LogP) is 9.37. The molecule has 0 saturated heterocycles. The van der Waals surface area contributed by atoms with Crippen molar-refractivity contribution >= 4 is 45.6 Å². The number of halogens is 1. The van der Waals surface area contributed by atoms with Gasteiger partial charge in [0, 0.05) is 65.6 Å². The summed E-state index contributed by atoms with van der Waals surface area (Å²) < 4.78 is 3.48. The highest BCUT2D eigenvalue weighted by molar-refractivity contribution is 6.28. The first-order valence-electron chi connectivity index (χ1n) is 15.0. The molecule has 0 fully saturated rings. The molecule has 8 rings (SSSR count). The maximum Gasteiger partial charge on any atom is 0.243 e. The molecule has 8 aromatic heterocycles. The van der Waals surface area contributed by atoms with Crippen molar-refractivity contribution in [2.75, 3.05) is 10.6 Å². The molecule has 8 aromatic rings. The van der Waals surface area contributed by atoms with Gasteiger partial charge in [-0.3, -0.25) is 15.0 Å². The third-order valence-electron chi connectivity index (χ3n) is 6.79. The Kier molecular flexibility index (Phi) is 14.2. The van der Waals surface area contributed by atoms with Crippen molar-refractivity contribution in [3.63, 3.8) is 0 Å². The number of rotatable bonds is 5. The summed E-state index contributed by atoms with van der Waals surface area (Å²) in [7, 11) is 0. The van der Waals surface area contributed by atoms with Crippen molar-refractivity contribution in [1.82, 2.24) is 49.1 Å². The van der Waals surface area contributed by atoms with Crippen LogP contribution < -0.4 is 10.6 Å². The SMILES string of the molecule is C.C.C.Cc1cccc(-c2nc(Nc3ccncc3)c3cccn3n2)n1.Cc1cccc(C)n1.Clc1nc(Nc2ccncc2)c2cccn2n1. The van der Waals surface area contributed by atoms with Gasteiger partial charge in [-0.2, -0.15) is 4.98 Å². The van der Waals surface area contributed by atoms with Gasteiger partial charge in [-0.15, -0.1) is 10.2 Å². The van der Waals surface area contributed by atoms with Gasteiger partial charge in [0.1, 0.15) is 16.7 Å². The van der Waals surface area contributed by atoms with Gasteiger partial charge in [-0.1, -0.05) is 34.4 Å². The fraction of sp³-hybridized carbons (Fsp3) is 0.158. The summed E-state index contributed by atoms with van der Waals surface area (Å²) in [6, 6.07) is 27.0. The highest BCUT2D eigenvalue weighted by Crippen LogP contribution is 2.23. The molecule has 0 radical (unpaired) electrons. The van der Waals surface area contributed by atoms with Crippen molar-refractivity contribution in [2.45, 2.75) is 43.1 Å². The van der Waals surface area contributed by atoms with Crippen LogP contribution in [0, 0.1) is 20.8 Å². The second-order valence-electron chi connectivity index (χ2n) is 10.5. The van der Waals surface area contributed by atoms with Crippen LogP contribution in [-0.4, -0.2) is 49.1 Å². The van der Waals surface area contributed by atoms with Crippen LogP contribution >= 0.6 is 11.6 Å². The van der Waals surface area contributed by atoms with E-state index in [1.165, 1.54) is 0 Å². The summed E-state index contributed by atoms with van der Waals surface area (Å²) in [5, 5.41) is 15.3. The zero-order valence-corrected chi connectivity index (χ0v) is 27.2. The molecule has 0 atom stereocenters. The lowest BCUT2D eigenvalue weighted by Crippen LogP contribution is -2.04. The highest BCUT2D eigenvalue weighted by atomic mass is 35.5. The minimum Gasteiger partial charge on any atom is -0.338 e.